The summed E-state index contributed by atoms with van der Waals surface area (Å²) in [5.74, 6) is 0.366. The highest BCUT2D eigenvalue weighted by molar-refractivity contribution is 7.08. The Labute approximate surface area is 157 Å². The minimum absolute atomic E-state index is 0.00251. The van der Waals surface area contributed by atoms with E-state index in [0.717, 1.165) is 12.0 Å². The fraction of sp³-hybridized carbons (Fsp3) is 0.421. The van der Waals surface area contributed by atoms with Gasteiger partial charge in [0, 0.05) is 37.6 Å². The van der Waals surface area contributed by atoms with Gasteiger partial charge in [0.1, 0.15) is 5.69 Å². The minimum atomic E-state index is -0.121. The van der Waals surface area contributed by atoms with E-state index in [2.05, 4.69) is 4.98 Å². The van der Waals surface area contributed by atoms with Crippen LogP contribution < -0.4 is 4.74 Å². The summed E-state index contributed by atoms with van der Waals surface area (Å²) in [4.78, 5) is 33.2. The van der Waals surface area contributed by atoms with E-state index in [4.69, 9.17) is 4.74 Å². The maximum Gasteiger partial charge on any atom is 0.272 e. The van der Waals surface area contributed by atoms with Gasteiger partial charge in [-0.3, -0.25) is 9.59 Å². The predicted molar refractivity (Wildman–Crippen MR) is 101 cm³/mol. The van der Waals surface area contributed by atoms with E-state index in [1.807, 2.05) is 35.6 Å². The van der Waals surface area contributed by atoms with E-state index in [-0.39, 0.29) is 17.9 Å². The normalized spacial score (nSPS) is 15.0. The average molecular weight is 373 g/mol. The summed E-state index contributed by atoms with van der Waals surface area (Å²) in [7, 11) is 0. The van der Waals surface area contributed by atoms with Crippen molar-refractivity contribution in [1.29, 1.82) is 0 Å². The van der Waals surface area contributed by atoms with E-state index in [1.54, 1.807) is 23.1 Å². The molecule has 2 amide bonds. The summed E-state index contributed by atoms with van der Waals surface area (Å²) in [6.07, 6.45) is 0.756. The number of aromatic nitrogens is 1. The number of nitrogens with zero attached hydrogens (tertiary/aromatic N) is 3. The van der Waals surface area contributed by atoms with Crippen LogP contribution in [0.25, 0.3) is 0 Å². The van der Waals surface area contributed by atoms with Crippen molar-refractivity contribution in [2.75, 3.05) is 26.2 Å². The van der Waals surface area contributed by atoms with E-state index in [1.165, 1.54) is 11.3 Å². The quantitative estimate of drug-likeness (QED) is 0.827. The van der Waals surface area contributed by atoms with Crippen LogP contribution in [0.3, 0.4) is 0 Å². The summed E-state index contributed by atoms with van der Waals surface area (Å²) in [5.41, 5.74) is 1.09. The highest BCUT2D eigenvalue weighted by Crippen LogP contribution is 2.15. The van der Waals surface area contributed by atoms with E-state index in [9.17, 15) is 9.59 Å². The summed E-state index contributed by atoms with van der Waals surface area (Å²) >= 11 is 1.51. The zero-order valence-electron chi connectivity index (χ0n) is 15.1. The van der Waals surface area contributed by atoms with Crippen LogP contribution in [0.2, 0.25) is 0 Å². The van der Waals surface area contributed by atoms with Gasteiger partial charge in [-0.15, -0.1) is 0 Å². The Bertz CT molecular complexity index is 761. The molecule has 2 aromatic heterocycles. The summed E-state index contributed by atoms with van der Waals surface area (Å²) < 4.78 is 5.57. The van der Waals surface area contributed by atoms with E-state index in [0.29, 0.717) is 37.8 Å². The van der Waals surface area contributed by atoms with Crippen molar-refractivity contribution in [3.05, 3.63) is 46.3 Å². The molecule has 1 aliphatic heterocycles. The Hall–Kier alpha value is -2.41. The maximum atomic E-state index is 12.8. The highest BCUT2D eigenvalue weighted by Gasteiger charge is 2.24. The molecule has 0 bridgehead atoms. The van der Waals surface area contributed by atoms with Gasteiger partial charge in [0.2, 0.25) is 5.88 Å². The molecule has 2 aromatic rings. The second kappa shape index (κ2) is 8.31. The van der Waals surface area contributed by atoms with Crippen LogP contribution in [0.1, 0.15) is 41.1 Å². The molecule has 6 nitrogen and oxygen atoms in total. The van der Waals surface area contributed by atoms with E-state index < -0.39 is 0 Å². The Kier molecular flexibility index (Phi) is 5.88. The van der Waals surface area contributed by atoms with Crippen LogP contribution in [0.15, 0.2) is 35.0 Å². The molecule has 0 atom stereocenters. The van der Waals surface area contributed by atoms with E-state index >= 15 is 0 Å². The molecule has 0 aliphatic carbocycles. The van der Waals surface area contributed by atoms with Gasteiger partial charge in [-0.25, -0.2) is 4.98 Å². The largest absolute Gasteiger partial charge is 0.475 e. The molecule has 0 N–H and O–H groups in total. The lowest BCUT2D eigenvalue weighted by molar-refractivity contribution is 0.0715. The van der Waals surface area contributed by atoms with Crippen molar-refractivity contribution >= 4 is 23.2 Å². The molecule has 1 saturated heterocycles. The predicted octanol–water partition coefficient (Wildman–Crippen LogP) is 2.92. The van der Waals surface area contributed by atoms with Gasteiger partial charge >= 0.3 is 0 Å². The Morgan fingerprint density at radius 3 is 2.46 bits per heavy atom. The zero-order chi connectivity index (χ0) is 18.5. The van der Waals surface area contributed by atoms with Gasteiger partial charge in [-0.05, 0) is 37.8 Å². The smallest absolute Gasteiger partial charge is 0.272 e. The Balaban J connectivity index is 1.65. The zero-order valence-corrected chi connectivity index (χ0v) is 15.9. The van der Waals surface area contributed by atoms with Crippen LogP contribution in [0.4, 0.5) is 0 Å². The third-order valence-electron chi connectivity index (χ3n) is 4.14. The van der Waals surface area contributed by atoms with Gasteiger partial charge in [-0.1, -0.05) is 6.07 Å². The van der Waals surface area contributed by atoms with Crippen LogP contribution in [-0.4, -0.2) is 58.9 Å². The first-order chi connectivity index (χ1) is 12.5. The third-order valence-corrected chi connectivity index (χ3v) is 4.82. The molecule has 138 valence electrons. The van der Waals surface area contributed by atoms with Crippen LogP contribution in [0, 0.1) is 0 Å². The van der Waals surface area contributed by atoms with Crippen LogP contribution in [-0.2, 0) is 0 Å². The molecule has 1 aliphatic rings. The highest BCUT2D eigenvalue weighted by atomic mass is 32.1. The van der Waals surface area contributed by atoms with Gasteiger partial charge in [-0.2, -0.15) is 11.3 Å². The number of hydrogen-bond acceptors (Lipinski definition) is 5. The number of rotatable bonds is 4. The molecule has 0 aromatic carbocycles. The maximum absolute atomic E-state index is 12.8. The monoisotopic (exact) mass is 373 g/mol. The molecule has 0 radical (unpaired) electrons. The molecule has 0 spiro atoms. The first-order valence-corrected chi connectivity index (χ1v) is 9.73. The standard InChI is InChI=1S/C19H23N3O3S/c1-14(2)25-17-6-3-5-16(20-17)19(24)22-9-4-8-21(10-11-22)18(23)15-7-12-26-13-15/h3,5-7,12-14H,4,8-11H2,1-2H3. The number of carbonyl (C=O) groups excluding carboxylic acids is 2. The fourth-order valence-electron chi connectivity index (χ4n) is 2.90. The molecule has 0 unspecified atom stereocenters. The molecule has 7 heteroatoms. The fourth-order valence-corrected chi connectivity index (χ4v) is 3.53. The number of ether oxygens (including phenoxy) is 1. The van der Waals surface area contributed by atoms with Gasteiger partial charge in [0.25, 0.3) is 11.8 Å². The van der Waals surface area contributed by atoms with Crippen LogP contribution >= 0.6 is 11.3 Å². The van der Waals surface area contributed by atoms with Crippen molar-refractivity contribution in [3.63, 3.8) is 0 Å². The average Bonchev–Trinajstić information content (AvgIpc) is 3.05. The summed E-state index contributed by atoms with van der Waals surface area (Å²) in [6, 6.07) is 7.07. The molecule has 3 rings (SSSR count). The lowest BCUT2D eigenvalue weighted by Crippen LogP contribution is -2.37. The Morgan fingerprint density at radius 2 is 1.81 bits per heavy atom. The van der Waals surface area contributed by atoms with Gasteiger partial charge in [0.15, 0.2) is 0 Å². The van der Waals surface area contributed by atoms with Crippen LogP contribution in [0.5, 0.6) is 5.88 Å². The number of hydrogen-bond donors (Lipinski definition) is 0. The summed E-state index contributed by atoms with van der Waals surface area (Å²) in [6.45, 7) is 6.15. The number of thiophene rings is 1. The SMILES string of the molecule is CC(C)Oc1cccc(C(=O)N2CCCN(C(=O)c3ccsc3)CC2)n1. The first-order valence-electron chi connectivity index (χ1n) is 8.79. The summed E-state index contributed by atoms with van der Waals surface area (Å²) in [5, 5.41) is 3.76. The van der Waals surface area contributed by atoms with Crippen molar-refractivity contribution in [2.24, 2.45) is 0 Å². The third kappa shape index (κ3) is 4.40. The number of carbonyl (C=O) groups is 2. The second-order valence-corrected chi connectivity index (χ2v) is 7.26. The van der Waals surface area contributed by atoms with Crippen molar-refractivity contribution < 1.29 is 14.3 Å². The number of pyridine rings is 1. The van der Waals surface area contributed by atoms with Crippen molar-refractivity contribution in [3.8, 4) is 5.88 Å². The Morgan fingerprint density at radius 1 is 1.08 bits per heavy atom. The van der Waals surface area contributed by atoms with Gasteiger partial charge < -0.3 is 14.5 Å². The lowest BCUT2D eigenvalue weighted by atomic mass is 10.3. The van der Waals surface area contributed by atoms with Crippen molar-refractivity contribution in [2.45, 2.75) is 26.4 Å². The molecular weight excluding hydrogens is 350 g/mol. The molecular formula is C19H23N3O3S. The topological polar surface area (TPSA) is 62.7 Å². The van der Waals surface area contributed by atoms with Gasteiger partial charge in [0.05, 0.1) is 11.7 Å². The molecule has 3 heterocycles. The van der Waals surface area contributed by atoms with Crippen molar-refractivity contribution in [1.82, 2.24) is 14.8 Å². The lowest BCUT2D eigenvalue weighted by Gasteiger charge is -2.22. The molecule has 26 heavy (non-hydrogen) atoms. The minimum Gasteiger partial charge on any atom is -0.475 e. The second-order valence-electron chi connectivity index (χ2n) is 6.48. The first kappa shape index (κ1) is 18.4. The molecule has 1 fully saturated rings. The molecule has 0 saturated carbocycles. The number of amides is 2.